The fraction of sp³-hybridized carbons (Fsp3) is 0.857. The van der Waals surface area contributed by atoms with Crippen LogP contribution in [0.2, 0.25) is 0 Å². The SMILES string of the molecule is O=C(O)CCS.OCCOCCO. The van der Waals surface area contributed by atoms with Crippen LogP contribution in [0.5, 0.6) is 0 Å². The summed E-state index contributed by atoms with van der Waals surface area (Å²) < 4.78 is 4.63. The Morgan fingerprint density at radius 1 is 1.23 bits per heavy atom. The normalized spacial score (nSPS) is 8.85. The van der Waals surface area contributed by atoms with Crippen molar-refractivity contribution in [2.24, 2.45) is 0 Å². The van der Waals surface area contributed by atoms with Gasteiger partial charge >= 0.3 is 5.97 Å². The molecule has 0 aromatic rings. The first kappa shape index (κ1) is 15.2. The van der Waals surface area contributed by atoms with Gasteiger partial charge in [-0.2, -0.15) is 12.6 Å². The van der Waals surface area contributed by atoms with Gasteiger partial charge in [-0.1, -0.05) is 0 Å². The molecule has 0 aromatic carbocycles. The maximum absolute atomic E-state index is 9.55. The predicted molar refractivity (Wildman–Crippen MR) is 51.1 cm³/mol. The van der Waals surface area contributed by atoms with Crippen molar-refractivity contribution in [2.45, 2.75) is 6.42 Å². The first-order valence-corrected chi connectivity index (χ1v) is 4.44. The summed E-state index contributed by atoms with van der Waals surface area (Å²) in [6.45, 7) is 0.696. The molecule has 0 bridgehead atoms. The molecular formula is C7H16O5S. The lowest BCUT2D eigenvalue weighted by molar-refractivity contribution is -0.136. The molecule has 3 N–H and O–H groups in total. The summed E-state index contributed by atoms with van der Waals surface area (Å²) in [5.74, 6) is -0.361. The molecule has 0 rings (SSSR count). The molecule has 0 aliphatic heterocycles. The lowest BCUT2D eigenvalue weighted by Crippen LogP contribution is -2.03. The van der Waals surface area contributed by atoms with E-state index in [0.717, 1.165) is 0 Å². The molecule has 0 aliphatic rings. The van der Waals surface area contributed by atoms with Crippen molar-refractivity contribution in [3.05, 3.63) is 0 Å². The summed E-state index contributed by atoms with van der Waals surface area (Å²) in [4.78, 5) is 9.55. The molecule has 0 unspecified atom stereocenters. The van der Waals surface area contributed by atoms with Gasteiger partial charge in [0.15, 0.2) is 0 Å². The first-order valence-electron chi connectivity index (χ1n) is 3.81. The Morgan fingerprint density at radius 2 is 1.69 bits per heavy atom. The summed E-state index contributed by atoms with van der Waals surface area (Å²) in [6.07, 6.45) is 0.156. The van der Waals surface area contributed by atoms with E-state index >= 15 is 0 Å². The highest BCUT2D eigenvalue weighted by molar-refractivity contribution is 7.80. The van der Waals surface area contributed by atoms with Gasteiger partial charge < -0.3 is 20.1 Å². The molecule has 0 saturated heterocycles. The number of hydrogen-bond acceptors (Lipinski definition) is 5. The minimum atomic E-state index is -0.787. The van der Waals surface area contributed by atoms with Crippen LogP contribution >= 0.6 is 12.6 Å². The van der Waals surface area contributed by atoms with E-state index in [2.05, 4.69) is 17.4 Å². The minimum Gasteiger partial charge on any atom is -0.481 e. The van der Waals surface area contributed by atoms with Crippen LogP contribution in [-0.2, 0) is 9.53 Å². The van der Waals surface area contributed by atoms with E-state index in [0.29, 0.717) is 19.0 Å². The van der Waals surface area contributed by atoms with Crippen molar-refractivity contribution in [3.63, 3.8) is 0 Å². The second-order valence-electron chi connectivity index (χ2n) is 1.93. The van der Waals surface area contributed by atoms with Crippen LogP contribution in [0.1, 0.15) is 6.42 Å². The van der Waals surface area contributed by atoms with Gasteiger partial charge in [0.05, 0.1) is 32.8 Å². The van der Waals surface area contributed by atoms with E-state index in [1.165, 1.54) is 0 Å². The highest BCUT2D eigenvalue weighted by Gasteiger charge is 1.88. The zero-order valence-corrected chi connectivity index (χ0v) is 8.24. The van der Waals surface area contributed by atoms with Crippen LogP contribution in [-0.4, -0.2) is 53.5 Å². The van der Waals surface area contributed by atoms with Gasteiger partial charge in [-0.05, 0) is 0 Å². The number of aliphatic carboxylic acids is 1. The summed E-state index contributed by atoms with van der Waals surface area (Å²) in [7, 11) is 0. The van der Waals surface area contributed by atoms with Gasteiger partial charge in [-0.3, -0.25) is 4.79 Å². The monoisotopic (exact) mass is 212 g/mol. The van der Waals surface area contributed by atoms with Crippen LogP contribution in [0.4, 0.5) is 0 Å². The van der Waals surface area contributed by atoms with E-state index in [4.69, 9.17) is 15.3 Å². The van der Waals surface area contributed by atoms with Gasteiger partial charge in [0.2, 0.25) is 0 Å². The van der Waals surface area contributed by atoms with Gasteiger partial charge in [0.25, 0.3) is 0 Å². The third-order valence-corrected chi connectivity index (χ3v) is 1.02. The minimum absolute atomic E-state index is 0.0278. The fourth-order valence-corrected chi connectivity index (χ4v) is 0.518. The molecular weight excluding hydrogens is 196 g/mol. The van der Waals surface area contributed by atoms with E-state index in [1.807, 2.05) is 0 Å². The van der Waals surface area contributed by atoms with Crippen LogP contribution < -0.4 is 0 Å². The molecule has 0 aromatic heterocycles. The number of ether oxygens (including phenoxy) is 1. The summed E-state index contributed by atoms with van der Waals surface area (Å²) >= 11 is 3.68. The molecule has 0 atom stereocenters. The molecule has 0 amide bonds. The third kappa shape index (κ3) is 24.5. The molecule has 0 heterocycles. The highest BCUT2D eigenvalue weighted by Crippen LogP contribution is 1.79. The van der Waals surface area contributed by atoms with Crippen LogP contribution in [0, 0.1) is 0 Å². The smallest absolute Gasteiger partial charge is 0.304 e. The number of carbonyl (C=O) groups is 1. The van der Waals surface area contributed by atoms with E-state index in [-0.39, 0.29) is 19.6 Å². The van der Waals surface area contributed by atoms with Crippen molar-refractivity contribution >= 4 is 18.6 Å². The van der Waals surface area contributed by atoms with Crippen LogP contribution in [0.3, 0.4) is 0 Å². The quantitative estimate of drug-likeness (QED) is 0.348. The molecule has 0 saturated carbocycles. The van der Waals surface area contributed by atoms with E-state index in [9.17, 15) is 4.79 Å². The number of hydrogen-bond donors (Lipinski definition) is 4. The Bertz CT molecular complexity index is 105. The van der Waals surface area contributed by atoms with Crippen molar-refractivity contribution < 1.29 is 24.9 Å². The summed E-state index contributed by atoms with van der Waals surface area (Å²) in [5, 5.41) is 24.0. The molecule has 5 nitrogen and oxygen atoms in total. The Hall–Kier alpha value is -0.300. The number of aliphatic hydroxyl groups is 2. The lowest BCUT2D eigenvalue weighted by atomic mass is 10.5. The Labute approximate surface area is 82.7 Å². The Morgan fingerprint density at radius 3 is 1.85 bits per heavy atom. The summed E-state index contributed by atoms with van der Waals surface area (Å²) in [5.41, 5.74) is 0. The van der Waals surface area contributed by atoms with E-state index < -0.39 is 5.97 Å². The molecule has 13 heavy (non-hydrogen) atoms. The number of aliphatic hydroxyl groups excluding tert-OH is 2. The van der Waals surface area contributed by atoms with Gasteiger partial charge in [-0.25, -0.2) is 0 Å². The third-order valence-electron chi connectivity index (χ3n) is 0.797. The van der Waals surface area contributed by atoms with Gasteiger partial charge in [-0.15, -0.1) is 0 Å². The molecule has 0 radical (unpaired) electrons. The average Bonchev–Trinajstić information content (AvgIpc) is 2.06. The molecule has 0 aliphatic carbocycles. The fourth-order valence-electron chi connectivity index (χ4n) is 0.327. The Kier molecular flexibility index (Phi) is 16.6. The number of thiol groups is 1. The summed E-state index contributed by atoms with van der Waals surface area (Å²) in [6, 6.07) is 0. The standard InChI is InChI=1S/C4H10O3.C3H6O2S/c5-1-3-7-4-2-6;4-3(5)1-2-6/h5-6H,1-4H2;6H,1-2H2,(H,4,5). The number of carboxylic acids is 1. The largest absolute Gasteiger partial charge is 0.481 e. The van der Waals surface area contributed by atoms with Crippen molar-refractivity contribution in [1.82, 2.24) is 0 Å². The molecule has 0 fully saturated rings. The van der Waals surface area contributed by atoms with Crippen molar-refractivity contribution in [2.75, 3.05) is 32.2 Å². The lowest BCUT2D eigenvalue weighted by Gasteiger charge is -1.94. The predicted octanol–water partition coefficient (Wildman–Crippen LogP) is -0.622. The van der Waals surface area contributed by atoms with Crippen LogP contribution in [0.15, 0.2) is 0 Å². The average molecular weight is 212 g/mol. The number of rotatable bonds is 6. The maximum Gasteiger partial charge on any atom is 0.304 e. The van der Waals surface area contributed by atoms with Crippen molar-refractivity contribution in [1.29, 1.82) is 0 Å². The van der Waals surface area contributed by atoms with Crippen molar-refractivity contribution in [3.8, 4) is 0 Å². The second-order valence-corrected chi connectivity index (χ2v) is 2.37. The molecule has 6 heteroatoms. The zero-order valence-electron chi connectivity index (χ0n) is 7.35. The Balaban J connectivity index is 0. The zero-order chi connectivity index (χ0) is 10.5. The second kappa shape index (κ2) is 14.2. The van der Waals surface area contributed by atoms with Crippen LogP contribution in [0.25, 0.3) is 0 Å². The first-order chi connectivity index (χ1) is 6.18. The topological polar surface area (TPSA) is 87.0 Å². The maximum atomic E-state index is 9.55. The molecule has 80 valence electrons. The number of carboxylic acid groups (broad SMARTS) is 1. The van der Waals surface area contributed by atoms with E-state index in [1.54, 1.807) is 0 Å². The highest BCUT2D eigenvalue weighted by atomic mass is 32.1. The molecule has 0 spiro atoms. The van der Waals surface area contributed by atoms with Gasteiger partial charge in [0.1, 0.15) is 0 Å². The van der Waals surface area contributed by atoms with Gasteiger partial charge in [0, 0.05) is 5.75 Å².